The van der Waals surface area contributed by atoms with Gasteiger partial charge < -0.3 is 5.11 Å². The van der Waals surface area contributed by atoms with Gasteiger partial charge in [-0.05, 0) is 22.0 Å². The Morgan fingerprint density at radius 1 is 1.12 bits per heavy atom. The number of nitrogens with zero attached hydrogens (tertiary/aromatic N) is 1. The third kappa shape index (κ3) is 1.13. The van der Waals surface area contributed by atoms with Crippen LogP contribution in [0.25, 0.3) is 20.9 Å². The molecule has 3 nitrogen and oxygen atoms in total. The first-order valence-electron chi connectivity index (χ1n) is 4.78. The van der Waals surface area contributed by atoms with Crippen molar-refractivity contribution in [1.29, 1.82) is 0 Å². The average molecular weight is 229 g/mol. The number of nitroso groups, excluding NO2 is 1. The fourth-order valence-electron chi connectivity index (χ4n) is 1.90. The predicted octanol–water partition coefficient (Wildman–Crippen LogP) is 4.16. The van der Waals surface area contributed by atoms with Gasteiger partial charge in [-0.15, -0.1) is 16.2 Å². The highest BCUT2D eigenvalue weighted by Gasteiger charge is 2.13. The molecule has 0 aliphatic rings. The number of fused-ring (bicyclic) bond motifs is 3. The average Bonchev–Trinajstić information content (AvgIpc) is 2.66. The normalized spacial score (nSPS) is 11.0. The lowest BCUT2D eigenvalue weighted by atomic mass is 10.1. The van der Waals surface area contributed by atoms with Gasteiger partial charge in [-0.25, -0.2) is 0 Å². The molecule has 0 saturated carbocycles. The second kappa shape index (κ2) is 3.28. The Kier molecular flexibility index (Phi) is 1.91. The van der Waals surface area contributed by atoms with Gasteiger partial charge in [-0.2, -0.15) is 0 Å². The molecule has 1 heterocycles. The monoisotopic (exact) mass is 229 g/mol. The van der Waals surface area contributed by atoms with Crippen LogP contribution in [0.5, 0.6) is 5.75 Å². The Bertz CT molecular complexity index is 703. The van der Waals surface area contributed by atoms with E-state index in [1.54, 1.807) is 0 Å². The lowest BCUT2D eigenvalue weighted by Gasteiger charge is -1.99. The Hall–Kier alpha value is -1.94. The van der Waals surface area contributed by atoms with Crippen LogP contribution in [0.3, 0.4) is 0 Å². The summed E-state index contributed by atoms with van der Waals surface area (Å²) in [7, 11) is 0. The maximum absolute atomic E-state index is 10.5. The Labute approximate surface area is 94.9 Å². The number of rotatable bonds is 1. The van der Waals surface area contributed by atoms with Gasteiger partial charge in [0.2, 0.25) is 5.00 Å². The van der Waals surface area contributed by atoms with Gasteiger partial charge in [-0.3, -0.25) is 0 Å². The van der Waals surface area contributed by atoms with Crippen molar-refractivity contribution in [3.05, 3.63) is 41.3 Å². The molecule has 16 heavy (non-hydrogen) atoms. The summed E-state index contributed by atoms with van der Waals surface area (Å²) in [4.78, 5) is 10.5. The minimum absolute atomic E-state index is 0.00759. The van der Waals surface area contributed by atoms with Gasteiger partial charge in [-0.1, -0.05) is 30.3 Å². The summed E-state index contributed by atoms with van der Waals surface area (Å²) in [6, 6.07) is 11.6. The molecule has 0 amide bonds. The molecule has 0 atom stereocenters. The summed E-state index contributed by atoms with van der Waals surface area (Å²) in [5.74, 6) is -0.00759. The van der Waals surface area contributed by atoms with E-state index in [0.717, 1.165) is 20.9 Å². The Balaban J connectivity index is 2.59. The molecule has 0 aliphatic carbocycles. The van der Waals surface area contributed by atoms with Crippen LogP contribution in [0.2, 0.25) is 0 Å². The van der Waals surface area contributed by atoms with E-state index in [9.17, 15) is 10.0 Å². The molecule has 0 aliphatic heterocycles. The fourth-order valence-corrected chi connectivity index (χ4v) is 2.79. The van der Waals surface area contributed by atoms with Crippen molar-refractivity contribution in [2.75, 3.05) is 0 Å². The summed E-state index contributed by atoms with van der Waals surface area (Å²) in [6.45, 7) is 0. The largest absolute Gasteiger partial charge is 0.504 e. The minimum atomic E-state index is -0.00759. The van der Waals surface area contributed by atoms with Crippen LogP contribution < -0.4 is 0 Å². The van der Waals surface area contributed by atoms with Crippen LogP contribution >= 0.6 is 11.3 Å². The first-order chi connectivity index (χ1) is 7.81. The highest BCUT2D eigenvalue weighted by atomic mass is 32.1. The molecular formula is C12H7NO2S. The lowest BCUT2D eigenvalue weighted by Crippen LogP contribution is -1.72. The summed E-state index contributed by atoms with van der Waals surface area (Å²) in [6.07, 6.45) is 0. The maximum atomic E-state index is 10.5. The van der Waals surface area contributed by atoms with Crippen molar-refractivity contribution in [1.82, 2.24) is 0 Å². The highest BCUT2D eigenvalue weighted by Crippen LogP contribution is 2.45. The van der Waals surface area contributed by atoms with Crippen LogP contribution in [-0.4, -0.2) is 5.11 Å². The topological polar surface area (TPSA) is 49.7 Å². The van der Waals surface area contributed by atoms with Gasteiger partial charge in [0.05, 0.1) is 0 Å². The summed E-state index contributed by atoms with van der Waals surface area (Å²) < 4.78 is 0.880. The van der Waals surface area contributed by atoms with Gasteiger partial charge in [0.25, 0.3) is 0 Å². The van der Waals surface area contributed by atoms with E-state index in [4.69, 9.17) is 0 Å². The number of hydrogen-bond donors (Lipinski definition) is 1. The van der Waals surface area contributed by atoms with Crippen molar-refractivity contribution in [2.45, 2.75) is 0 Å². The van der Waals surface area contributed by atoms with Gasteiger partial charge in [0, 0.05) is 10.1 Å². The van der Waals surface area contributed by atoms with Crippen LogP contribution in [-0.2, 0) is 0 Å². The molecular weight excluding hydrogens is 222 g/mol. The zero-order chi connectivity index (χ0) is 11.1. The van der Waals surface area contributed by atoms with Crippen molar-refractivity contribution in [2.24, 2.45) is 5.18 Å². The third-order valence-corrected chi connectivity index (χ3v) is 3.64. The van der Waals surface area contributed by atoms with E-state index in [-0.39, 0.29) is 10.8 Å². The molecule has 0 unspecified atom stereocenters. The van der Waals surface area contributed by atoms with Crippen LogP contribution in [0.4, 0.5) is 5.00 Å². The Morgan fingerprint density at radius 3 is 2.75 bits per heavy atom. The molecule has 78 valence electrons. The zero-order valence-corrected chi connectivity index (χ0v) is 8.99. The quantitative estimate of drug-likeness (QED) is 0.637. The summed E-state index contributed by atoms with van der Waals surface area (Å²) in [5.41, 5.74) is 0. The van der Waals surface area contributed by atoms with Gasteiger partial charge in [0.1, 0.15) is 0 Å². The zero-order valence-electron chi connectivity index (χ0n) is 8.18. The fraction of sp³-hybridized carbons (Fsp3) is 0. The Morgan fingerprint density at radius 2 is 1.94 bits per heavy atom. The molecule has 0 saturated heterocycles. The molecule has 3 aromatic rings. The second-order valence-corrected chi connectivity index (χ2v) is 4.54. The van der Waals surface area contributed by atoms with Crippen molar-refractivity contribution >= 4 is 37.2 Å². The highest BCUT2D eigenvalue weighted by molar-refractivity contribution is 7.23. The van der Waals surface area contributed by atoms with E-state index < -0.39 is 0 Å². The predicted molar refractivity (Wildman–Crippen MR) is 66.5 cm³/mol. The van der Waals surface area contributed by atoms with E-state index in [1.807, 2.05) is 36.4 Å². The lowest BCUT2D eigenvalue weighted by molar-refractivity contribution is 0.485. The standard InChI is InChI=1S/C12H7NO2S/c14-11-10-8-4-2-1-3-7(8)5-6-9(10)16-12(11)13-15/h1-6,14H. The van der Waals surface area contributed by atoms with Crippen LogP contribution in [0, 0.1) is 4.91 Å². The second-order valence-electron chi connectivity index (χ2n) is 3.51. The van der Waals surface area contributed by atoms with Gasteiger partial charge in [0.15, 0.2) is 5.75 Å². The van der Waals surface area contributed by atoms with E-state index in [1.165, 1.54) is 11.3 Å². The van der Waals surface area contributed by atoms with Crippen molar-refractivity contribution in [3.8, 4) is 5.75 Å². The summed E-state index contributed by atoms with van der Waals surface area (Å²) >= 11 is 1.21. The first-order valence-corrected chi connectivity index (χ1v) is 5.59. The molecule has 2 aromatic carbocycles. The first kappa shape index (κ1) is 9.30. The molecule has 4 heteroatoms. The number of thiophene rings is 1. The van der Waals surface area contributed by atoms with Crippen molar-refractivity contribution < 1.29 is 5.11 Å². The number of aromatic hydroxyl groups is 1. The number of benzene rings is 2. The molecule has 3 rings (SSSR count). The molecule has 0 radical (unpaired) electrons. The number of hydrogen-bond acceptors (Lipinski definition) is 4. The smallest absolute Gasteiger partial charge is 0.203 e. The SMILES string of the molecule is O=Nc1sc2ccc3ccccc3c2c1O. The maximum Gasteiger partial charge on any atom is 0.203 e. The minimum Gasteiger partial charge on any atom is -0.504 e. The van der Waals surface area contributed by atoms with E-state index in [0.29, 0.717) is 0 Å². The van der Waals surface area contributed by atoms with Gasteiger partial charge >= 0.3 is 0 Å². The van der Waals surface area contributed by atoms with Crippen LogP contribution in [0.1, 0.15) is 0 Å². The molecule has 0 bridgehead atoms. The van der Waals surface area contributed by atoms with E-state index in [2.05, 4.69) is 5.18 Å². The summed E-state index contributed by atoms with van der Waals surface area (Å²) in [5, 5.41) is 15.6. The van der Waals surface area contributed by atoms with E-state index >= 15 is 0 Å². The molecule has 1 aromatic heterocycles. The third-order valence-electron chi connectivity index (χ3n) is 2.62. The van der Waals surface area contributed by atoms with Crippen LogP contribution in [0.15, 0.2) is 41.6 Å². The molecule has 1 N–H and O–H groups in total. The van der Waals surface area contributed by atoms with Crippen molar-refractivity contribution in [3.63, 3.8) is 0 Å². The molecule has 0 spiro atoms. The molecule has 0 fully saturated rings.